The van der Waals surface area contributed by atoms with Crippen LogP contribution in [-0.4, -0.2) is 0 Å². The van der Waals surface area contributed by atoms with E-state index in [4.69, 9.17) is 0 Å². The summed E-state index contributed by atoms with van der Waals surface area (Å²) in [6.07, 6.45) is 32.8. The molecule has 0 aromatic carbocycles. The number of hydrogen-bond donors (Lipinski definition) is 0. The minimum atomic E-state index is 0.656. The Morgan fingerprint density at radius 1 is 0.250 bits per heavy atom. The summed E-state index contributed by atoms with van der Waals surface area (Å²) in [5.74, 6) is 0. The lowest BCUT2D eigenvalue weighted by Gasteiger charge is -2.49. The Bertz CT molecular complexity index is 230. The molecule has 0 heterocycles. The van der Waals surface area contributed by atoms with E-state index in [1.807, 2.05) is 0 Å². The average molecular weight is 393 g/mol. The molecule has 0 amide bonds. The van der Waals surface area contributed by atoms with Gasteiger partial charge in [0.05, 0.1) is 0 Å². The van der Waals surface area contributed by atoms with Crippen LogP contribution >= 0.6 is 0 Å². The van der Waals surface area contributed by atoms with E-state index in [9.17, 15) is 0 Å². The van der Waals surface area contributed by atoms with Crippen molar-refractivity contribution in [2.45, 2.75) is 169 Å². The van der Waals surface area contributed by atoms with Crippen molar-refractivity contribution in [3.05, 3.63) is 0 Å². The summed E-state index contributed by atoms with van der Waals surface area (Å²) in [6, 6.07) is 0. The fourth-order valence-electron chi connectivity index (χ4n) is 6.07. The van der Waals surface area contributed by atoms with E-state index in [-0.39, 0.29) is 0 Å². The van der Waals surface area contributed by atoms with Crippen molar-refractivity contribution in [2.75, 3.05) is 0 Å². The van der Waals surface area contributed by atoms with Gasteiger partial charge in [0, 0.05) is 0 Å². The van der Waals surface area contributed by atoms with Crippen molar-refractivity contribution < 1.29 is 0 Å². The molecule has 0 aliphatic heterocycles. The standard InChI is InChI=1S/C8H16.4C5H10/c1-7(2)5-8(3,4)6-7;4*1-2-4-5-3-1/h5-6H2,1-4H3;4*1-5H2. The Kier molecular flexibility index (Phi) is 14.7. The van der Waals surface area contributed by atoms with Crippen molar-refractivity contribution in [3.8, 4) is 0 Å². The number of rotatable bonds is 0. The van der Waals surface area contributed by atoms with E-state index in [0.717, 1.165) is 0 Å². The SMILES string of the molecule is C1CCCC1.C1CCCC1.C1CCCC1.C1CCCC1.CC1(C)CC(C)(C)C1. The van der Waals surface area contributed by atoms with Crippen LogP contribution < -0.4 is 0 Å². The highest BCUT2D eigenvalue weighted by molar-refractivity contribution is 4.92. The van der Waals surface area contributed by atoms with E-state index in [2.05, 4.69) is 27.7 Å². The molecule has 28 heavy (non-hydrogen) atoms. The summed E-state index contributed by atoms with van der Waals surface area (Å²) in [6.45, 7) is 9.38. The van der Waals surface area contributed by atoms with Gasteiger partial charge in [-0.15, -0.1) is 0 Å². The van der Waals surface area contributed by atoms with Crippen LogP contribution in [0.2, 0.25) is 0 Å². The molecular formula is C28H56. The normalized spacial score (nSPS) is 26.1. The van der Waals surface area contributed by atoms with E-state index in [0.29, 0.717) is 10.8 Å². The average Bonchev–Trinajstić information content (AvgIpc) is 3.51. The van der Waals surface area contributed by atoms with Crippen LogP contribution in [0.15, 0.2) is 0 Å². The summed E-state index contributed by atoms with van der Waals surface area (Å²) >= 11 is 0. The third-order valence-electron chi connectivity index (χ3n) is 6.91. The number of hydrogen-bond acceptors (Lipinski definition) is 0. The molecule has 0 saturated heterocycles. The minimum absolute atomic E-state index is 0.656. The maximum atomic E-state index is 2.35. The van der Waals surface area contributed by atoms with Gasteiger partial charge >= 0.3 is 0 Å². The second-order valence-electron chi connectivity index (χ2n) is 11.8. The smallest absolute Gasteiger partial charge is 0.0344 e. The van der Waals surface area contributed by atoms with Gasteiger partial charge in [0.15, 0.2) is 0 Å². The van der Waals surface area contributed by atoms with Crippen molar-refractivity contribution in [1.29, 1.82) is 0 Å². The highest BCUT2D eigenvalue weighted by Crippen LogP contribution is 2.53. The fourth-order valence-corrected chi connectivity index (χ4v) is 6.07. The Morgan fingerprint density at radius 3 is 0.393 bits per heavy atom. The van der Waals surface area contributed by atoms with Crippen molar-refractivity contribution in [3.63, 3.8) is 0 Å². The van der Waals surface area contributed by atoms with E-state index in [1.54, 1.807) is 0 Å². The van der Waals surface area contributed by atoms with Gasteiger partial charge in [-0.1, -0.05) is 156 Å². The molecule has 0 unspecified atom stereocenters. The van der Waals surface area contributed by atoms with Crippen molar-refractivity contribution in [1.82, 2.24) is 0 Å². The molecule has 0 nitrogen and oxygen atoms in total. The first-order valence-corrected chi connectivity index (χ1v) is 13.4. The predicted molar refractivity (Wildman–Crippen MR) is 129 cm³/mol. The Balaban J connectivity index is 0.000000178. The quantitative estimate of drug-likeness (QED) is 0.384. The van der Waals surface area contributed by atoms with Crippen LogP contribution in [0.5, 0.6) is 0 Å². The van der Waals surface area contributed by atoms with E-state index < -0.39 is 0 Å². The van der Waals surface area contributed by atoms with Gasteiger partial charge in [0.1, 0.15) is 0 Å². The molecule has 0 N–H and O–H groups in total. The van der Waals surface area contributed by atoms with Crippen LogP contribution in [0.1, 0.15) is 169 Å². The minimum Gasteiger partial charge on any atom is -0.0599 e. The molecule has 0 aromatic rings. The van der Waals surface area contributed by atoms with Gasteiger partial charge in [-0.2, -0.15) is 0 Å². The van der Waals surface area contributed by atoms with Gasteiger partial charge in [-0.25, -0.2) is 0 Å². The lowest BCUT2D eigenvalue weighted by molar-refractivity contribution is 0.0201. The second-order valence-corrected chi connectivity index (χ2v) is 11.8. The third-order valence-corrected chi connectivity index (χ3v) is 6.91. The molecular weight excluding hydrogens is 336 g/mol. The zero-order valence-corrected chi connectivity index (χ0v) is 20.6. The van der Waals surface area contributed by atoms with Crippen LogP contribution in [0.25, 0.3) is 0 Å². The van der Waals surface area contributed by atoms with Crippen molar-refractivity contribution >= 4 is 0 Å². The highest BCUT2D eigenvalue weighted by atomic mass is 14.5. The lowest BCUT2D eigenvalue weighted by Crippen LogP contribution is -2.38. The molecule has 0 radical (unpaired) electrons. The van der Waals surface area contributed by atoms with Gasteiger partial charge in [-0.05, 0) is 23.7 Å². The molecule has 5 saturated carbocycles. The van der Waals surface area contributed by atoms with Crippen LogP contribution in [0.4, 0.5) is 0 Å². The van der Waals surface area contributed by atoms with Crippen LogP contribution in [0, 0.1) is 10.8 Å². The first-order valence-electron chi connectivity index (χ1n) is 13.4. The Morgan fingerprint density at radius 2 is 0.357 bits per heavy atom. The second kappa shape index (κ2) is 15.8. The summed E-state index contributed by atoms with van der Waals surface area (Å²) in [7, 11) is 0. The molecule has 0 aromatic heterocycles. The lowest BCUT2D eigenvalue weighted by atomic mass is 9.56. The molecule has 5 fully saturated rings. The van der Waals surface area contributed by atoms with Gasteiger partial charge in [0.2, 0.25) is 0 Å². The summed E-state index contributed by atoms with van der Waals surface area (Å²) in [4.78, 5) is 0. The monoisotopic (exact) mass is 392 g/mol. The van der Waals surface area contributed by atoms with Gasteiger partial charge in [-0.3, -0.25) is 0 Å². The molecule has 0 bridgehead atoms. The topological polar surface area (TPSA) is 0 Å². The van der Waals surface area contributed by atoms with E-state index in [1.165, 1.54) is 141 Å². The predicted octanol–water partition coefficient (Wildman–Crippen LogP) is 10.6. The first-order chi connectivity index (χ1) is 13.4. The van der Waals surface area contributed by atoms with Crippen molar-refractivity contribution in [2.24, 2.45) is 10.8 Å². The third kappa shape index (κ3) is 15.9. The zero-order valence-electron chi connectivity index (χ0n) is 20.6. The summed E-state index contributed by atoms with van der Waals surface area (Å²) in [5.41, 5.74) is 1.31. The Labute approximate surface area is 180 Å². The molecule has 0 atom stereocenters. The molecule has 168 valence electrons. The first kappa shape index (κ1) is 26.0. The van der Waals surface area contributed by atoms with Gasteiger partial charge < -0.3 is 0 Å². The summed E-state index contributed by atoms with van der Waals surface area (Å²) in [5, 5.41) is 0. The zero-order chi connectivity index (χ0) is 20.6. The highest BCUT2D eigenvalue weighted by Gasteiger charge is 2.41. The molecule has 0 spiro atoms. The summed E-state index contributed by atoms with van der Waals surface area (Å²) < 4.78 is 0. The molecule has 5 aliphatic rings. The largest absolute Gasteiger partial charge is 0.0599 e. The molecule has 0 heteroatoms. The fraction of sp³-hybridized carbons (Fsp3) is 1.00. The maximum absolute atomic E-state index is 2.35. The van der Waals surface area contributed by atoms with Gasteiger partial charge in [0.25, 0.3) is 0 Å². The van der Waals surface area contributed by atoms with E-state index >= 15 is 0 Å². The molecule has 5 rings (SSSR count). The maximum Gasteiger partial charge on any atom is -0.0344 e. The Hall–Kier alpha value is 0. The van der Waals surface area contributed by atoms with Crippen LogP contribution in [0.3, 0.4) is 0 Å². The van der Waals surface area contributed by atoms with Crippen LogP contribution in [-0.2, 0) is 0 Å². The molecule has 5 aliphatic carbocycles.